The molecule has 0 bridgehead atoms. The molecule has 0 saturated heterocycles. The Bertz CT molecular complexity index is 5680. The van der Waals surface area contributed by atoms with Crippen molar-refractivity contribution in [1.82, 2.24) is 15.0 Å². The van der Waals surface area contributed by atoms with Crippen LogP contribution in [0.2, 0.25) is 0 Å². The van der Waals surface area contributed by atoms with Gasteiger partial charge in [0.15, 0.2) is 17.5 Å². The zero-order valence-corrected chi connectivity index (χ0v) is 66.0. The minimum absolute atomic E-state index is 0.0294. The third-order valence-electron chi connectivity index (χ3n) is 28.7. The normalized spacial score (nSPS) is 24.4. The summed E-state index contributed by atoms with van der Waals surface area (Å²) in [4.78, 5) is 32.2. The van der Waals surface area contributed by atoms with Crippen molar-refractivity contribution in [3.05, 3.63) is 344 Å². The fourth-order valence-corrected chi connectivity index (χ4v) is 23.5. The van der Waals surface area contributed by atoms with Crippen molar-refractivity contribution >= 4 is 68.6 Å². The van der Waals surface area contributed by atoms with Gasteiger partial charge in [0.1, 0.15) is 18.5 Å². The van der Waals surface area contributed by atoms with E-state index in [-0.39, 0.29) is 40.2 Å². The van der Waals surface area contributed by atoms with E-state index in [1.165, 1.54) is 112 Å². The molecule has 9 heteroatoms. The molecule has 1 aliphatic carbocycles. The molecule has 6 aliphatic heterocycles. The third-order valence-corrected chi connectivity index (χ3v) is 28.7. The van der Waals surface area contributed by atoms with E-state index in [2.05, 4.69) is 351 Å². The zero-order valence-electron chi connectivity index (χ0n) is 66.0. The maximum Gasteiger partial charge on any atom is 0.178 e. The summed E-state index contributed by atoms with van der Waals surface area (Å²) < 4.78 is 0. The molecule has 1 saturated carbocycles. The van der Waals surface area contributed by atoms with Crippen LogP contribution in [0.5, 0.6) is 0 Å². The summed E-state index contributed by atoms with van der Waals surface area (Å²) in [7, 11) is 0. The van der Waals surface area contributed by atoms with Crippen LogP contribution in [0, 0.1) is 37.0 Å². The number of aryl methyl sites for hydroxylation is 3. The van der Waals surface area contributed by atoms with Crippen LogP contribution >= 0.6 is 0 Å². The van der Waals surface area contributed by atoms with E-state index in [1.807, 2.05) is 18.6 Å². The van der Waals surface area contributed by atoms with Crippen molar-refractivity contribution in [2.45, 2.75) is 160 Å². The lowest BCUT2D eigenvalue weighted by Gasteiger charge is -2.60. The molecule has 0 amide bonds. The van der Waals surface area contributed by atoms with E-state index >= 15 is 0 Å². The highest BCUT2D eigenvalue weighted by atomic mass is 15.5. The van der Waals surface area contributed by atoms with E-state index in [0.717, 1.165) is 106 Å². The number of hydrogen-bond acceptors (Lipinski definition) is 9. The molecular formula is C103H101N9. The number of benzene rings is 10. The Kier molecular flexibility index (Phi) is 17.2. The second-order valence-corrected chi connectivity index (χ2v) is 33.5. The number of hydrogen-bond donors (Lipinski definition) is 0. The second-order valence-electron chi connectivity index (χ2n) is 33.5. The van der Waals surface area contributed by atoms with Crippen molar-refractivity contribution in [1.29, 1.82) is 0 Å². The van der Waals surface area contributed by atoms with Gasteiger partial charge in [-0.2, -0.15) is 0 Å². The molecule has 9 nitrogen and oxygen atoms in total. The molecule has 9 atom stereocenters. The number of aromatic nitrogens is 3. The van der Waals surface area contributed by atoms with Gasteiger partial charge in [0, 0.05) is 85.2 Å². The van der Waals surface area contributed by atoms with Gasteiger partial charge in [-0.1, -0.05) is 254 Å². The highest BCUT2D eigenvalue weighted by Crippen LogP contribution is 2.82. The first-order chi connectivity index (χ1) is 54.8. The fourth-order valence-electron chi connectivity index (χ4n) is 23.5. The molecule has 12 aromatic rings. The van der Waals surface area contributed by atoms with Crippen molar-refractivity contribution < 1.29 is 0 Å². The highest BCUT2D eigenvalue weighted by Gasteiger charge is 2.80. The molecule has 7 aliphatic rings. The summed E-state index contributed by atoms with van der Waals surface area (Å²) in [6.07, 6.45) is 21.3. The summed E-state index contributed by atoms with van der Waals surface area (Å²) >= 11 is 0. The maximum absolute atomic E-state index is 5.54. The zero-order chi connectivity index (χ0) is 76.5. The average Bonchev–Trinajstić information content (AvgIpc) is 1.45. The molecule has 1 fully saturated rings. The predicted molar refractivity (Wildman–Crippen MR) is 466 cm³/mol. The molecule has 8 heterocycles. The topological polar surface area (TPSA) is 58.1 Å². The molecular weight excluding hydrogens is 1360 g/mol. The molecule has 0 N–H and O–H groups in total. The first-order valence-corrected chi connectivity index (χ1v) is 41.1. The highest BCUT2D eigenvalue weighted by molar-refractivity contribution is 5.95. The van der Waals surface area contributed by atoms with Crippen LogP contribution in [-0.4, -0.2) is 33.4 Å². The Labute approximate surface area is 663 Å². The van der Waals surface area contributed by atoms with Crippen LogP contribution in [0.3, 0.4) is 0 Å². The molecule has 19 rings (SSSR count). The minimum Gasteiger partial charge on any atom is -0.317 e. The van der Waals surface area contributed by atoms with Crippen molar-refractivity contribution in [2.24, 2.45) is 16.2 Å². The van der Waals surface area contributed by atoms with Crippen LogP contribution < -0.4 is 29.4 Å². The summed E-state index contributed by atoms with van der Waals surface area (Å²) in [6.45, 7) is 31.9. The van der Waals surface area contributed by atoms with E-state index in [0.29, 0.717) is 0 Å². The number of anilines is 12. The third kappa shape index (κ3) is 9.96. The molecule has 9 unspecified atom stereocenters. The molecule has 112 heavy (non-hydrogen) atoms. The van der Waals surface area contributed by atoms with Crippen molar-refractivity contribution in [3.63, 3.8) is 0 Å². The lowest BCUT2D eigenvalue weighted by molar-refractivity contribution is 0.0732. The van der Waals surface area contributed by atoms with Gasteiger partial charge in [0.2, 0.25) is 0 Å². The van der Waals surface area contributed by atoms with Gasteiger partial charge in [-0.3, -0.25) is 0 Å². The number of fused-ring (bicyclic) bond motifs is 18. The Balaban J connectivity index is 0.722. The van der Waals surface area contributed by atoms with E-state index in [1.54, 1.807) is 0 Å². The lowest BCUT2D eigenvalue weighted by Crippen LogP contribution is -2.63. The largest absolute Gasteiger partial charge is 0.317 e. The van der Waals surface area contributed by atoms with Crippen LogP contribution in [0.15, 0.2) is 311 Å². The maximum atomic E-state index is 5.54. The molecule has 2 aromatic heterocycles. The summed E-state index contributed by atoms with van der Waals surface area (Å²) in [6, 6.07) is 95.5. The quantitative estimate of drug-likeness (QED) is 0.0488. The Morgan fingerprint density at radius 3 is 1.23 bits per heavy atom. The fraction of sp³-hybridized carbons (Fsp3) is 0.272. The van der Waals surface area contributed by atoms with Gasteiger partial charge in [0.05, 0.1) is 17.1 Å². The first-order valence-electron chi connectivity index (χ1n) is 41.1. The van der Waals surface area contributed by atoms with Gasteiger partial charge in [0.25, 0.3) is 0 Å². The standard InChI is InChI=1S/C103H101N9/c1-11-58-100(14-4)80-43-24-28-47-87(80)111-92-91(51-36-64-104-92)108(84-56-53-78(68-71(84)6)75-39-20-16-21-40-75)96(111)99(100,10)60-32-34-62-102-73(8)103(102,97-110(85-57-54-79(69-72(85)7)76-41-22-17-23-42-76)93-94(106-66-65-105-93)112(97)88-48-29-26-45-82(88)102)63-35-33-61-101(59-12-2)81-44-25-27-46-86(81)109-90-50-31-30-49-89(90)107(95(109)98(101,9)13-3)83-55-52-77(67-70(83)5)74-37-18-15-19-38-74/h11-12,15-31,36-57,64-69,95-97H,1-2,8,13-14,32-35,58-63H2,3-7,9-10H3. The summed E-state index contributed by atoms with van der Waals surface area (Å²) in [5, 5.41) is 0. The van der Waals surface area contributed by atoms with Gasteiger partial charge < -0.3 is 29.4 Å². The van der Waals surface area contributed by atoms with Crippen LogP contribution in [-0.2, 0) is 16.2 Å². The van der Waals surface area contributed by atoms with E-state index in [4.69, 9.17) is 28.1 Å². The molecule has 0 radical (unpaired) electrons. The number of allylic oxidation sites excluding steroid dienone is 2. The Morgan fingerprint density at radius 2 is 0.714 bits per heavy atom. The van der Waals surface area contributed by atoms with Crippen LogP contribution in [0.1, 0.15) is 138 Å². The van der Waals surface area contributed by atoms with Gasteiger partial charge >= 0.3 is 0 Å². The Morgan fingerprint density at radius 1 is 0.330 bits per heavy atom. The van der Waals surface area contributed by atoms with Gasteiger partial charge in [-0.25, -0.2) is 15.0 Å². The monoisotopic (exact) mass is 1460 g/mol. The number of rotatable bonds is 22. The van der Waals surface area contributed by atoms with Gasteiger partial charge in [-0.05, 0) is 218 Å². The summed E-state index contributed by atoms with van der Waals surface area (Å²) in [5.74, 6) is 2.79. The number of para-hydroxylation sites is 5. The first kappa shape index (κ1) is 70.8. The number of pyridine rings is 1. The lowest BCUT2D eigenvalue weighted by atomic mass is 9.52. The van der Waals surface area contributed by atoms with Crippen LogP contribution in [0.25, 0.3) is 33.4 Å². The number of nitrogens with zero attached hydrogens (tertiary/aromatic N) is 9. The van der Waals surface area contributed by atoms with Crippen LogP contribution in [0.4, 0.5) is 68.6 Å². The smallest absolute Gasteiger partial charge is 0.178 e. The van der Waals surface area contributed by atoms with Crippen molar-refractivity contribution in [2.75, 3.05) is 29.4 Å². The minimum atomic E-state index is -0.442. The SMILES string of the molecule is C=CCC1(CCCCC23C(=C)C2(CCCCC2(C)C4N(c5ccc(-c6ccccc6)cc5C)c5cccnc5N4c4ccccc4C2(CC)CC=C)c2ccccc2N2c4nccnc4N(c4ccc(-c5ccccc5)cc4C)C23)c2ccccc2N2c3ccccc3N(c3ccc(-c4ccccc4)cc3C)C2C1(C)CC. The molecule has 0 spiro atoms. The Hall–Kier alpha value is -11.6. The number of unbranched alkanes of at least 4 members (excludes halogenated alkanes) is 2. The van der Waals surface area contributed by atoms with Gasteiger partial charge in [-0.15, -0.1) is 13.2 Å². The van der Waals surface area contributed by atoms with E-state index < -0.39 is 10.8 Å². The average molecular weight is 1470 g/mol. The molecule has 558 valence electrons. The predicted octanol–water partition coefficient (Wildman–Crippen LogP) is 26.5. The summed E-state index contributed by atoms with van der Waals surface area (Å²) in [5.41, 5.74) is 25.4. The second kappa shape index (κ2) is 27.1. The van der Waals surface area contributed by atoms with E-state index in [9.17, 15) is 0 Å². The molecule has 10 aromatic carbocycles. The van der Waals surface area contributed by atoms with Crippen molar-refractivity contribution in [3.8, 4) is 33.4 Å².